The molecule has 0 amide bonds. The van der Waals surface area contributed by atoms with Crippen LogP contribution in [0.3, 0.4) is 0 Å². The predicted octanol–water partition coefficient (Wildman–Crippen LogP) is 2.34. The lowest BCUT2D eigenvalue weighted by atomic mass is 9.82. The van der Waals surface area contributed by atoms with E-state index in [2.05, 4.69) is 5.32 Å². The van der Waals surface area contributed by atoms with E-state index in [0.717, 1.165) is 0 Å². The largest absolute Gasteiger partial charge is 0.478 e. The van der Waals surface area contributed by atoms with Gasteiger partial charge in [-0.05, 0) is 29.8 Å². The third-order valence-corrected chi connectivity index (χ3v) is 3.53. The fourth-order valence-corrected chi connectivity index (χ4v) is 2.55. The highest BCUT2D eigenvalue weighted by Gasteiger charge is 2.45. The number of carbonyl (C=O) groups is 1. The van der Waals surface area contributed by atoms with Crippen molar-refractivity contribution in [3.8, 4) is 0 Å². The number of aliphatic carboxylic acids is 1. The summed E-state index contributed by atoms with van der Waals surface area (Å²) in [6.07, 6.45) is 0. The minimum atomic E-state index is -2.19. The van der Waals surface area contributed by atoms with Crippen molar-refractivity contribution in [3.05, 3.63) is 71.5 Å². The molecule has 0 bridgehead atoms. The van der Waals surface area contributed by atoms with Crippen LogP contribution in [-0.4, -0.2) is 28.5 Å². The van der Waals surface area contributed by atoms with Crippen LogP contribution in [0.4, 0.5) is 4.39 Å². The maximum atomic E-state index is 13.2. The molecule has 4 nitrogen and oxygen atoms in total. The topological polar surface area (TPSA) is 69.6 Å². The van der Waals surface area contributed by atoms with Crippen LogP contribution in [0.25, 0.3) is 0 Å². The molecule has 2 aromatic rings. The molecule has 116 valence electrons. The van der Waals surface area contributed by atoms with Gasteiger partial charge in [0, 0.05) is 0 Å². The van der Waals surface area contributed by atoms with Crippen molar-refractivity contribution < 1.29 is 19.4 Å². The lowest BCUT2D eigenvalue weighted by Gasteiger charge is -2.33. The lowest BCUT2D eigenvalue weighted by molar-refractivity contribution is -0.164. The Hall–Kier alpha value is -2.24. The van der Waals surface area contributed by atoms with E-state index in [1.807, 2.05) is 0 Å². The monoisotopic (exact) mass is 303 g/mol. The first-order chi connectivity index (χ1) is 10.5. The highest BCUT2D eigenvalue weighted by Crippen LogP contribution is 2.34. The molecule has 3 N–H and O–H groups in total. The van der Waals surface area contributed by atoms with Crippen molar-refractivity contribution in [2.24, 2.45) is 0 Å². The van der Waals surface area contributed by atoms with Crippen molar-refractivity contribution in [1.82, 2.24) is 5.32 Å². The Labute approximate surface area is 128 Å². The normalized spacial score (nSPS) is 15.0. The molecule has 2 atom stereocenters. The van der Waals surface area contributed by atoms with Gasteiger partial charge in [0.2, 0.25) is 5.72 Å². The van der Waals surface area contributed by atoms with Crippen LogP contribution in [0.2, 0.25) is 0 Å². The second-order valence-electron chi connectivity index (χ2n) is 5.00. The summed E-state index contributed by atoms with van der Waals surface area (Å²) >= 11 is 0. The first-order valence-electron chi connectivity index (χ1n) is 7.00. The second kappa shape index (κ2) is 6.68. The second-order valence-corrected chi connectivity index (χ2v) is 5.00. The number of halogens is 1. The Morgan fingerprint density at radius 2 is 1.68 bits per heavy atom. The number of aliphatic hydroxyl groups is 1. The van der Waals surface area contributed by atoms with E-state index in [0.29, 0.717) is 11.1 Å². The SMILES string of the molecule is CCN[C@](O)(C(=O)O)[C@@H](c1ccccc1)c1ccc(F)cc1. The Morgan fingerprint density at radius 1 is 1.14 bits per heavy atom. The van der Waals surface area contributed by atoms with Crippen molar-refractivity contribution >= 4 is 5.97 Å². The summed E-state index contributed by atoms with van der Waals surface area (Å²) < 4.78 is 13.2. The van der Waals surface area contributed by atoms with Gasteiger partial charge in [-0.2, -0.15) is 0 Å². The minimum Gasteiger partial charge on any atom is -0.478 e. The molecule has 22 heavy (non-hydrogen) atoms. The highest BCUT2D eigenvalue weighted by molar-refractivity contribution is 5.79. The minimum absolute atomic E-state index is 0.271. The highest BCUT2D eigenvalue weighted by atomic mass is 19.1. The number of rotatable bonds is 6. The van der Waals surface area contributed by atoms with Crippen molar-refractivity contribution in [3.63, 3.8) is 0 Å². The van der Waals surface area contributed by atoms with Crippen molar-refractivity contribution in [1.29, 1.82) is 0 Å². The molecule has 0 saturated heterocycles. The molecule has 0 heterocycles. The maximum absolute atomic E-state index is 13.2. The molecule has 0 spiro atoms. The van der Waals surface area contributed by atoms with E-state index in [1.54, 1.807) is 37.3 Å². The van der Waals surface area contributed by atoms with Crippen molar-refractivity contribution in [2.75, 3.05) is 6.54 Å². The number of benzene rings is 2. The Bertz CT molecular complexity index is 630. The standard InChI is InChI=1S/C17H18FNO3/c1-2-19-17(22,16(20)21)15(12-6-4-3-5-7-12)13-8-10-14(18)11-9-13/h3-11,15,19,22H,2H2,1H3,(H,20,21)/t15-,17+/m0/s1. The fourth-order valence-electron chi connectivity index (χ4n) is 2.55. The summed E-state index contributed by atoms with van der Waals surface area (Å²) in [5, 5.41) is 22.9. The maximum Gasteiger partial charge on any atom is 0.352 e. The number of nitrogens with one attached hydrogen (secondary N) is 1. The molecule has 2 rings (SSSR count). The van der Waals surface area contributed by atoms with Crippen LogP contribution in [0, 0.1) is 5.82 Å². The predicted molar refractivity (Wildman–Crippen MR) is 80.9 cm³/mol. The lowest BCUT2D eigenvalue weighted by Crippen LogP contribution is -2.56. The summed E-state index contributed by atoms with van der Waals surface area (Å²) in [5.41, 5.74) is -1.05. The van der Waals surface area contributed by atoms with E-state index in [9.17, 15) is 19.4 Å². The van der Waals surface area contributed by atoms with Gasteiger partial charge < -0.3 is 10.2 Å². The molecular weight excluding hydrogens is 285 g/mol. The number of carboxylic acid groups (broad SMARTS) is 1. The summed E-state index contributed by atoms with van der Waals surface area (Å²) in [6.45, 7) is 1.98. The number of carboxylic acids is 1. The van der Waals surface area contributed by atoms with Gasteiger partial charge in [0.1, 0.15) is 5.82 Å². The smallest absolute Gasteiger partial charge is 0.352 e. The van der Waals surface area contributed by atoms with Gasteiger partial charge in [0.05, 0.1) is 5.92 Å². The van der Waals surface area contributed by atoms with Crippen LogP contribution < -0.4 is 5.32 Å². The summed E-state index contributed by atoms with van der Waals surface area (Å²) in [6, 6.07) is 14.3. The van der Waals surface area contributed by atoms with Crippen LogP contribution >= 0.6 is 0 Å². The van der Waals surface area contributed by atoms with Gasteiger partial charge in [-0.15, -0.1) is 0 Å². The molecule has 0 unspecified atom stereocenters. The fraction of sp³-hybridized carbons (Fsp3) is 0.235. The average molecular weight is 303 g/mol. The first kappa shape index (κ1) is 16.1. The Kier molecular flexibility index (Phi) is 4.90. The summed E-state index contributed by atoms with van der Waals surface area (Å²) in [4.78, 5) is 11.7. The molecule has 5 heteroatoms. The molecule has 0 aliphatic rings. The molecule has 0 fully saturated rings. The summed E-state index contributed by atoms with van der Waals surface area (Å²) in [5.74, 6) is -2.67. The first-order valence-corrected chi connectivity index (χ1v) is 7.00. The van der Waals surface area contributed by atoms with E-state index < -0.39 is 23.4 Å². The summed E-state index contributed by atoms with van der Waals surface area (Å²) in [7, 11) is 0. The van der Waals surface area contributed by atoms with Crippen LogP contribution in [0.5, 0.6) is 0 Å². The van der Waals surface area contributed by atoms with E-state index in [-0.39, 0.29) is 6.54 Å². The van der Waals surface area contributed by atoms with Gasteiger partial charge in [-0.1, -0.05) is 49.4 Å². The molecular formula is C17H18FNO3. The van der Waals surface area contributed by atoms with Gasteiger partial charge in [0.15, 0.2) is 0 Å². The van der Waals surface area contributed by atoms with Crippen LogP contribution in [0.1, 0.15) is 24.0 Å². The van der Waals surface area contributed by atoms with Crippen LogP contribution in [0.15, 0.2) is 54.6 Å². The zero-order valence-electron chi connectivity index (χ0n) is 12.2. The van der Waals surface area contributed by atoms with E-state index in [4.69, 9.17) is 0 Å². The molecule has 0 aliphatic carbocycles. The molecule has 0 aliphatic heterocycles. The van der Waals surface area contributed by atoms with E-state index >= 15 is 0 Å². The Morgan fingerprint density at radius 3 is 2.18 bits per heavy atom. The number of hydrogen-bond acceptors (Lipinski definition) is 3. The van der Waals surface area contributed by atoms with Gasteiger partial charge in [-0.3, -0.25) is 5.32 Å². The third kappa shape index (κ3) is 3.16. The number of likely N-dealkylation sites (N-methyl/N-ethyl adjacent to an activating group) is 1. The Balaban J connectivity index is 2.59. The molecule has 0 aromatic heterocycles. The molecule has 0 radical (unpaired) electrons. The van der Waals surface area contributed by atoms with E-state index in [1.165, 1.54) is 24.3 Å². The molecule has 2 aromatic carbocycles. The zero-order chi connectivity index (χ0) is 16.2. The third-order valence-electron chi connectivity index (χ3n) is 3.53. The van der Waals surface area contributed by atoms with Crippen LogP contribution in [-0.2, 0) is 4.79 Å². The number of hydrogen-bond donors (Lipinski definition) is 3. The van der Waals surface area contributed by atoms with Gasteiger partial charge >= 0.3 is 5.97 Å². The zero-order valence-corrected chi connectivity index (χ0v) is 12.2. The van der Waals surface area contributed by atoms with Gasteiger partial charge in [0.25, 0.3) is 0 Å². The van der Waals surface area contributed by atoms with Crippen molar-refractivity contribution in [2.45, 2.75) is 18.6 Å². The van der Waals surface area contributed by atoms with Gasteiger partial charge in [-0.25, -0.2) is 9.18 Å². The molecule has 0 saturated carbocycles. The average Bonchev–Trinajstić information content (AvgIpc) is 2.51. The quantitative estimate of drug-likeness (QED) is 0.716.